The van der Waals surface area contributed by atoms with E-state index in [0.717, 1.165) is 12.8 Å². The maximum Gasteiger partial charge on any atom is 0.342 e. The fraction of sp³-hybridized carbons (Fsp3) is 0.556. The molecule has 0 saturated carbocycles. The summed E-state index contributed by atoms with van der Waals surface area (Å²) in [5, 5.41) is 0. The largest absolute Gasteiger partial charge is 0.389 e. The summed E-state index contributed by atoms with van der Waals surface area (Å²) in [5.41, 5.74) is 0.582. The molecule has 0 N–H and O–H groups in total. The number of esters is 2. The van der Waals surface area contributed by atoms with E-state index in [4.69, 9.17) is 0 Å². The van der Waals surface area contributed by atoms with E-state index in [0.29, 0.717) is 11.5 Å². The second kappa shape index (κ2) is 2.44. The van der Waals surface area contributed by atoms with E-state index in [1.807, 2.05) is 6.08 Å². The van der Waals surface area contributed by atoms with Crippen molar-refractivity contribution in [3.8, 4) is 0 Å². The number of hydrogen-bond acceptors (Lipinski definition) is 3. The van der Waals surface area contributed by atoms with Crippen molar-refractivity contribution in [2.75, 3.05) is 0 Å². The van der Waals surface area contributed by atoms with E-state index in [1.54, 1.807) is 0 Å². The van der Waals surface area contributed by atoms with Crippen LogP contribution in [0.5, 0.6) is 0 Å². The van der Waals surface area contributed by atoms with E-state index in [1.165, 1.54) is 0 Å². The number of hydrogen-bond donors (Lipinski definition) is 0. The molecule has 12 heavy (non-hydrogen) atoms. The van der Waals surface area contributed by atoms with E-state index >= 15 is 0 Å². The van der Waals surface area contributed by atoms with Crippen LogP contribution >= 0.6 is 0 Å². The van der Waals surface area contributed by atoms with Crippen LogP contribution in [-0.2, 0) is 14.3 Å². The highest BCUT2D eigenvalue weighted by Crippen LogP contribution is 2.34. The van der Waals surface area contributed by atoms with Crippen molar-refractivity contribution >= 4 is 11.9 Å². The maximum absolute atomic E-state index is 11.1. The molecule has 1 aliphatic heterocycles. The summed E-state index contributed by atoms with van der Waals surface area (Å²) in [4.78, 5) is 22.1. The predicted molar refractivity (Wildman–Crippen MR) is 41.1 cm³/mol. The number of allylic oxidation sites excluding steroid dienone is 1. The van der Waals surface area contributed by atoms with Gasteiger partial charge in [-0.25, -0.2) is 4.79 Å². The third-order valence-electron chi connectivity index (χ3n) is 2.47. The van der Waals surface area contributed by atoms with Crippen LogP contribution in [0, 0.1) is 11.8 Å². The van der Waals surface area contributed by atoms with Crippen LogP contribution in [0.25, 0.3) is 0 Å². The van der Waals surface area contributed by atoms with Crippen molar-refractivity contribution in [2.45, 2.75) is 19.8 Å². The maximum atomic E-state index is 11.1. The van der Waals surface area contributed by atoms with Gasteiger partial charge in [0.05, 0.1) is 5.92 Å². The van der Waals surface area contributed by atoms with Crippen LogP contribution in [0.2, 0.25) is 0 Å². The molecule has 64 valence electrons. The summed E-state index contributed by atoms with van der Waals surface area (Å²) in [6.07, 6.45) is 3.48. The van der Waals surface area contributed by atoms with Gasteiger partial charge in [-0.3, -0.25) is 4.79 Å². The molecule has 0 aromatic rings. The molecule has 0 spiro atoms. The lowest BCUT2D eigenvalue weighted by Gasteiger charge is -2.17. The molecule has 3 nitrogen and oxygen atoms in total. The van der Waals surface area contributed by atoms with Crippen LogP contribution in [0.15, 0.2) is 11.6 Å². The molecule has 2 aliphatic rings. The summed E-state index contributed by atoms with van der Waals surface area (Å²) >= 11 is 0. The molecular formula is C9H10O3. The second-order valence-electron chi connectivity index (χ2n) is 3.50. The van der Waals surface area contributed by atoms with Gasteiger partial charge in [-0.1, -0.05) is 13.0 Å². The van der Waals surface area contributed by atoms with E-state index in [9.17, 15) is 9.59 Å². The lowest BCUT2D eigenvalue weighted by molar-refractivity contribution is -0.152. The molecule has 0 aromatic carbocycles. The zero-order valence-electron chi connectivity index (χ0n) is 6.87. The van der Waals surface area contributed by atoms with E-state index < -0.39 is 5.97 Å². The molecule has 2 atom stereocenters. The average molecular weight is 166 g/mol. The van der Waals surface area contributed by atoms with Gasteiger partial charge in [-0.05, 0) is 18.8 Å². The predicted octanol–water partition coefficient (Wildman–Crippen LogP) is 1.04. The fourth-order valence-electron chi connectivity index (χ4n) is 1.77. The van der Waals surface area contributed by atoms with Gasteiger partial charge >= 0.3 is 11.9 Å². The average Bonchev–Trinajstić information content (AvgIpc) is 2.28. The second-order valence-corrected chi connectivity index (χ2v) is 3.50. The van der Waals surface area contributed by atoms with Gasteiger partial charge in [0.15, 0.2) is 0 Å². The highest BCUT2D eigenvalue weighted by atomic mass is 16.6. The SMILES string of the molecule is C[C@@H]1CC=C2C(=O)OC(=O)[C@@H]2C1. The molecule has 0 unspecified atom stereocenters. The Kier molecular flexibility index (Phi) is 1.53. The van der Waals surface area contributed by atoms with Crippen LogP contribution in [0.3, 0.4) is 0 Å². The number of carbonyl (C=O) groups is 2. The molecule has 1 fully saturated rings. The Morgan fingerprint density at radius 2 is 2.25 bits per heavy atom. The number of cyclic esters (lactones) is 2. The zero-order chi connectivity index (χ0) is 8.72. The molecule has 2 rings (SSSR count). The zero-order valence-corrected chi connectivity index (χ0v) is 6.87. The third kappa shape index (κ3) is 0.967. The monoisotopic (exact) mass is 166 g/mol. The third-order valence-corrected chi connectivity index (χ3v) is 2.47. The molecule has 1 aliphatic carbocycles. The number of carbonyl (C=O) groups excluding carboxylic acids is 2. The minimum absolute atomic E-state index is 0.263. The minimum atomic E-state index is -0.433. The fourth-order valence-corrected chi connectivity index (χ4v) is 1.77. The Morgan fingerprint density at radius 3 is 3.00 bits per heavy atom. The topological polar surface area (TPSA) is 43.4 Å². The number of ether oxygens (including phenoxy) is 1. The summed E-state index contributed by atoms with van der Waals surface area (Å²) < 4.78 is 4.51. The van der Waals surface area contributed by atoms with Crippen molar-refractivity contribution < 1.29 is 14.3 Å². The highest BCUT2D eigenvalue weighted by Gasteiger charge is 2.41. The Labute approximate surface area is 70.4 Å². The van der Waals surface area contributed by atoms with Crippen molar-refractivity contribution in [2.24, 2.45) is 11.8 Å². The highest BCUT2D eigenvalue weighted by molar-refractivity contribution is 6.07. The van der Waals surface area contributed by atoms with Gasteiger partial charge in [-0.15, -0.1) is 0 Å². The van der Waals surface area contributed by atoms with Gasteiger partial charge in [0.2, 0.25) is 0 Å². The first kappa shape index (κ1) is 7.53. The van der Waals surface area contributed by atoms with Gasteiger partial charge in [0, 0.05) is 5.57 Å². The Bertz CT molecular complexity index is 277. The molecule has 0 bridgehead atoms. The summed E-state index contributed by atoms with van der Waals surface area (Å²) in [5.74, 6) is -0.576. The van der Waals surface area contributed by atoms with Crippen molar-refractivity contribution in [3.05, 3.63) is 11.6 Å². The Morgan fingerprint density at radius 1 is 1.50 bits per heavy atom. The molecule has 0 aromatic heterocycles. The van der Waals surface area contributed by atoms with Gasteiger partial charge < -0.3 is 4.74 Å². The molecule has 0 amide bonds. The Balaban J connectivity index is 2.33. The minimum Gasteiger partial charge on any atom is -0.389 e. The standard InChI is InChI=1S/C9H10O3/c1-5-2-3-6-7(4-5)9(11)12-8(6)10/h3,5,7H,2,4H2,1H3/t5-,7-/m1/s1. The normalized spacial score (nSPS) is 34.2. The molecule has 0 radical (unpaired) electrons. The van der Waals surface area contributed by atoms with Gasteiger partial charge in [0.25, 0.3) is 0 Å². The molecule has 1 heterocycles. The first-order chi connectivity index (χ1) is 5.68. The summed E-state index contributed by atoms with van der Waals surface area (Å²) in [6.45, 7) is 2.07. The Hall–Kier alpha value is -1.12. The molecule has 3 heteroatoms. The first-order valence-corrected chi connectivity index (χ1v) is 4.14. The van der Waals surface area contributed by atoms with E-state index in [-0.39, 0.29) is 11.9 Å². The smallest absolute Gasteiger partial charge is 0.342 e. The molecular weight excluding hydrogens is 156 g/mol. The van der Waals surface area contributed by atoms with Crippen LogP contribution < -0.4 is 0 Å². The summed E-state index contributed by atoms with van der Waals surface area (Å²) in [6, 6.07) is 0. The quantitative estimate of drug-likeness (QED) is 0.399. The van der Waals surface area contributed by atoms with Crippen molar-refractivity contribution in [3.63, 3.8) is 0 Å². The van der Waals surface area contributed by atoms with Crippen LogP contribution in [0.1, 0.15) is 19.8 Å². The summed E-state index contributed by atoms with van der Waals surface area (Å²) in [7, 11) is 0. The van der Waals surface area contributed by atoms with Gasteiger partial charge in [0.1, 0.15) is 0 Å². The van der Waals surface area contributed by atoms with Crippen molar-refractivity contribution in [1.29, 1.82) is 0 Å². The van der Waals surface area contributed by atoms with Crippen LogP contribution in [-0.4, -0.2) is 11.9 Å². The van der Waals surface area contributed by atoms with Crippen molar-refractivity contribution in [1.82, 2.24) is 0 Å². The first-order valence-electron chi connectivity index (χ1n) is 4.14. The lowest BCUT2D eigenvalue weighted by Crippen LogP contribution is -2.16. The number of rotatable bonds is 0. The van der Waals surface area contributed by atoms with Crippen LogP contribution in [0.4, 0.5) is 0 Å². The van der Waals surface area contributed by atoms with E-state index in [2.05, 4.69) is 11.7 Å². The molecule has 1 saturated heterocycles. The van der Waals surface area contributed by atoms with Gasteiger partial charge in [-0.2, -0.15) is 0 Å². The number of fused-ring (bicyclic) bond motifs is 1. The lowest BCUT2D eigenvalue weighted by atomic mass is 9.83.